The van der Waals surface area contributed by atoms with Crippen molar-refractivity contribution in [3.63, 3.8) is 0 Å². The van der Waals surface area contributed by atoms with Gasteiger partial charge in [-0.15, -0.1) is 0 Å². The molecule has 0 aromatic carbocycles. The average molecular weight is 267 g/mol. The maximum atomic E-state index is 12.6. The number of carbonyl (C=O) groups excluding carboxylic acids is 2. The van der Waals surface area contributed by atoms with Crippen molar-refractivity contribution in [3.8, 4) is 0 Å². The molecule has 0 aromatic heterocycles. The molecule has 1 aliphatic heterocycles. The van der Waals surface area contributed by atoms with Crippen molar-refractivity contribution in [1.29, 1.82) is 0 Å². The Kier molecular flexibility index (Phi) is 4.80. The van der Waals surface area contributed by atoms with E-state index >= 15 is 0 Å². The summed E-state index contributed by atoms with van der Waals surface area (Å²) in [5.74, 6) is -0.467. The highest BCUT2D eigenvalue weighted by atomic mass is 16.2. The molecule has 2 fully saturated rings. The zero-order chi connectivity index (χ0) is 13.7. The second-order valence-electron chi connectivity index (χ2n) is 5.79. The molecule has 5 heteroatoms. The van der Waals surface area contributed by atoms with Crippen LogP contribution in [-0.4, -0.2) is 41.9 Å². The Labute approximate surface area is 114 Å². The average Bonchev–Trinajstić information content (AvgIpc) is 2.46. The van der Waals surface area contributed by atoms with E-state index in [4.69, 9.17) is 5.73 Å². The summed E-state index contributed by atoms with van der Waals surface area (Å²) in [6.07, 6.45) is 8.83. The highest BCUT2D eigenvalue weighted by Gasteiger charge is 2.44. The second kappa shape index (κ2) is 6.37. The van der Waals surface area contributed by atoms with E-state index in [9.17, 15) is 9.59 Å². The Morgan fingerprint density at radius 1 is 1.00 bits per heavy atom. The molecule has 1 heterocycles. The largest absolute Gasteiger partial charge is 0.368 e. The summed E-state index contributed by atoms with van der Waals surface area (Å²) < 4.78 is 0. The summed E-state index contributed by atoms with van der Waals surface area (Å²) in [6.45, 7) is 1.96. The molecular formula is C14H25N3O2. The van der Waals surface area contributed by atoms with Gasteiger partial charge in [0, 0.05) is 0 Å². The molecule has 1 saturated heterocycles. The fourth-order valence-electron chi connectivity index (χ4n) is 3.48. The van der Waals surface area contributed by atoms with Crippen LogP contribution in [0.25, 0.3) is 0 Å². The zero-order valence-corrected chi connectivity index (χ0v) is 11.6. The van der Waals surface area contributed by atoms with Crippen LogP contribution in [0.1, 0.15) is 51.4 Å². The smallest absolute Gasteiger partial charge is 0.240 e. The van der Waals surface area contributed by atoms with Crippen molar-refractivity contribution < 1.29 is 9.59 Å². The first-order valence-electron chi connectivity index (χ1n) is 7.47. The van der Waals surface area contributed by atoms with Gasteiger partial charge >= 0.3 is 0 Å². The predicted octanol–water partition coefficient (Wildman–Crippen LogP) is 0.777. The minimum Gasteiger partial charge on any atom is -0.368 e. The summed E-state index contributed by atoms with van der Waals surface area (Å²) in [6, 6.07) is 0. The first-order valence-corrected chi connectivity index (χ1v) is 7.47. The lowest BCUT2D eigenvalue weighted by molar-refractivity contribution is -0.138. The molecule has 0 bridgehead atoms. The lowest BCUT2D eigenvalue weighted by atomic mass is 9.78. The molecule has 5 nitrogen and oxygen atoms in total. The van der Waals surface area contributed by atoms with Crippen LogP contribution in [0, 0.1) is 0 Å². The normalized spacial score (nSPS) is 23.8. The van der Waals surface area contributed by atoms with E-state index in [1.165, 1.54) is 25.7 Å². The Morgan fingerprint density at radius 3 is 2.16 bits per heavy atom. The SMILES string of the molecule is NC(=O)CNC(=O)C1(N2CCCCC2)CCCCC1. The number of hydrogen-bond donors (Lipinski definition) is 2. The molecule has 3 N–H and O–H groups in total. The minimum absolute atomic E-state index is 0.00731. The highest BCUT2D eigenvalue weighted by molar-refractivity contribution is 5.90. The number of amides is 2. The lowest BCUT2D eigenvalue weighted by Crippen LogP contribution is -2.61. The molecule has 2 aliphatic rings. The lowest BCUT2D eigenvalue weighted by Gasteiger charge is -2.46. The van der Waals surface area contributed by atoms with Crippen LogP contribution in [-0.2, 0) is 9.59 Å². The summed E-state index contributed by atoms with van der Waals surface area (Å²) in [4.78, 5) is 25.8. The first-order chi connectivity index (χ1) is 9.15. The summed E-state index contributed by atoms with van der Waals surface area (Å²) in [7, 11) is 0. The molecule has 0 atom stereocenters. The maximum absolute atomic E-state index is 12.6. The van der Waals surface area contributed by atoms with Crippen LogP contribution < -0.4 is 11.1 Å². The van der Waals surface area contributed by atoms with E-state index in [2.05, 4.69) is 10.2 Å². The van der Waals surface area contributed by atoms with Gasteiger partial charge in [0.05, 0.1) is 6.54 Å². The number of hydrogen-bond acceptors (Lipinski definition) is 3. The number of nitrogens with zero attached hydrogens (tertiary/aromatic N) is 1. The van der Waals surface area contributed by atoms with Crippen molar-refractivity contribution in [1.82, 2.24) is 10.2 Å². The number of nitrogens with two attached hydrogens (primary N) is 1. The highest BCUT2D eigenvalue weighted by Crippen LogP contribution is 2.35. The molecule has 19 heavy (non-hydrogen) atoms. The molecule has 2 rings (SSSR count). The van der Waals surface area contributed by atoms with Gasteiger partial charge in [0.15, 0.2) is 0 Å². The number of rotatable bonds is 4. The summed E-state index contributed by atoms with van der Waals surface area (Å²) in [5.41, 5.74) is 4.74. The molecule has 0 radical (unpaired) electrons. The van der Waals surface area contributed by atoms with Crippen molar-refractivity contribution in [2.75, 3.05) is 19.6 Å². The molecule has 0 unspecified atom stereocenters. The van der Waals surface area contributed by atoms with E-state index in [1.54, 1.807) is 0 Å². The molecule has 2 amide bonds. The fourth-order valence-corrected chi connectivity index (χ4v) is 3.48. The Bertz CT molecular complexity index is 332. The van der Waals surface area contributed by atoms with Gasteiger partial charge in [0.25, 0.3) is 0 Å². The fraction of sp³-hybridized carbons (Fsp3) is 0.857. The standard InChI is InChI=1S/C14H25N3O2/c15-12(18)11-16-13(19)14(7-3-1-4-8-14)17-9-5-2-6-10-17/h1-11H2,(H2,15,18)(H,16,19). The Morgan fingerprint density at radius 2 is 1.58 bits per heavy atom. The van der Waals surface area contributed by atoms with Gasteiger partial charge in [0.2, 0.25) is 11.8 Å². The molecule has 0 aromatic rings. The zero-order valence-electron chi connectivity index (χ0n) is 11.6. The van der Waals surface area contributed by atoms with Crippen molar-refractivity contribution in [3.05, 3.63) is 0 Å². The molecule has 1 aliphatic carbocycles. The van der Waals surface area contributed by atoms with Gasteiger partial charge < -0.3 is 11.1 Å². The van der Waals surface area contributed by atoms with Crippen LogP contribution in [0.5, 0.6) is 0 Å². The van der Waals surface area contributed by atoms with Gasteiger partial charge in [-0.1, -0.05) is 25.7 Å². The summed E-state index contributed by atoms with van der Waals surface area (Å²) in [5, 5.41) is 2.73. The van der Waals surface area contributed by atoms with Gasteiger partial charge in [-0.3, -0.25) is 14.5 Å². The third-order valence-electron chi connectivity index (χ3n) is 4.49. The summed E-state index contributed by atoms with van der Waals surface area (Å²) >= 11 is 0. The van der Waals surface area contributed by atoms with Crippen molar-refractivity contribution in [2.45, 2.75) is 56.9 Å². The Balaban J connectivity index is 2.08. The van der Waals surface area contributed by atoms with Gasteiger partial charge in [-0.2, -0.15) is 0 Å². The molecule has 1 saturated carbocycles. The topological polar surface area (TPSA) is 75.4 Å². The quantitative estimate of drug-likeness (QED) is 0.790. The molecule has 108 valence electrons. The van der Waals surface area contributed by atoms with Gasteiger partial charge in [-0.05, 0) is 38.8 Å². The number of likely N-dealkylation sites (tertiary alicyclic amines) is 1. The predicted molar refractivity (Wildman–Crippen MR) is 73.4 cm³/mol. The van der Waals surface area contributed by atoms with Crippen LogP contribution in [0.15, 0.2) is 0 Å². The number of primary amides is 1. The van der Waals surface area contributed by atoms with Crippen LogP contribution in [0.2, 0.25) is 0 Å². The molecule has 0 spiro atoms. The molecular weight excluding hydrogens is 242 g/mol. The third-order valence-corrected chi connectivity index (χ3v) is 4.49. The first kappa shape index (κ1) is 14.3. The third kappa shape index (κ3) is 3.26. The number of piperidine rings is 1. The minimum atomic E-state index is -0.474. The van der Waals surface area contributed by atoms with Gasteiger partial charge in [0.1, 0.15) is 5.54 Å². The van der Waals surface area contributed by atoms with Crippen LogP contribution in [0.4, 0.5) is 0 Å². The number of carbonyl (C=O) groups is 2. The number of nitrogens with one attached hydrogen (secondary N) is 1. The van der Waals surface area contributed by atoms with Crippen LogP contribution >= 0.6 is 0 Å². The van der Waals surface area contributed by atoms with Crippen molar-refractivity contribution in [2.24, 2.45) is 5.73 Å². The van der Waals surface area contributed by atoms with E-state index in [1.807, 2.05) is 0 Å². The van der Waals surface area contributed by atoms with Crippen molar-refractivity contribution >= 4 is 11.8 Å². The van der Waals surface area contributed by atoms with E-state index in [0.29, 0.717) is 0 Å². The Hall–Kier alpha value is -1.10. The van der Waals surface area contributed by atoms with E-state index in [0.717, 1.165) is 38.8 Å². The maximum Gasteiger partial charge on any atom is 0.240 e. The van der Waals surface area contributed by atoms with E-state index in [-0.39, 0.29) is 18.0 Å². The monoisotopic (exact) mass is 267 g/mol. The van der Waals surface area contributed by atoms with E-state index < -0.39 is 5.91 Å². The second-order valence-corrected chi connectivity index (χ2v) is 5.79. The van der Waals surface area contributed by atoms with Crippen LogP contribution in [0.3, 0.4) is 0 Å². The van der Waals surface area contributed by atoms with Gasteiger partial charge in [-0.25, -0.2) is 0 Å².